The van der Waals surface area contributed by atoms with Gasteiger partial charge in [0.2, 0.25) is 0 Å². The number of hydrogen-bond acceptors (Lipinski definition) is 4. The third kappa shape index (κ3) is 3.71. The van der Waals surface area contributed by atoms with E-state index in [4.69, 9.17) is 14.3 Å². The molecule has 1 aromatic heterocycles. The molecule has 1 heterocycles. The van der Waals surface area contributed by atoms with Crippen LogP contribution < -0.4 is 10.1 Å². The van der Waals surface area contributed by atoms with Crippen LogP contribution in [0, 0.1) is 0 Å². The first-order valence-corrected chi connectivity index (χ1v) is 7.52. The van der Waals surface area contributed by atoms with Gasteiger partial charge >= 0.3 is 5.97 Å². The topological polar surface area (TPSA) is 88.8 Å². The van der Waals surface area contributed by atoms with E-state index in [2.05, 4.69) is 5.32 Å². The van der Waals surface area contributed by atoms with Gasteiger partial charge in [0.05, 0.1) is 11.7 Å². The van der Waals surface area contributed by atoms with Crippen LogP contribution in [-0.4, -0.2) is 23.1 Å². The Hall–Kier alpha value is -2.76. The van der Waals surface area contributed by atoms with Gasteiger partial charge in [-0.1, -0.05) is 0 Å². The van der Waals surface area contributed by atoms with E-state index >= 15 is 0 Å². The lowest BCUT2D eigenvalue weighted by atomic mass is 10.2. The van der Waals surface area contributed by atoms with Crippen molar-refractivity contribution in [1.82, 2.24) is 0 Å². The standard InChI is InChI=1S/C17H17NO5/c19-16(15-9-11(10-22-15)17(20)21)18-12-5-7-14(8-6-12)23-13-3-1-2-4-13/h5-10,13H,1-4H2,(H,18,19)(H,20,21). The summed E-state index contributed by atoms with van der Waals surface area (Å²) >= 11 is 0. The number of amides is 1. The van der Waals surface area contributed by atoms with Gasteiger partial charge in [-0.2, -0.15) is 0 Å². The van der Waals surface area contributed by atoms with E-state index in [1.807, 2.05) is 0 Å². The Morgan fingerprint density at radius 3 is 2.48 bits per heavy atom. The highest BCUT2D eigenvalue weighted by Crippen LogP contribution is 2.25. The first-order valence-electron chi connectivity index (χ1n) is 7.52. The highest BCUT2D eigenvalue weighted by atomic mass is 16.5. The Kier molecular flexibility index (Phi) is 4.32. The molecular formula is C17H17NO5. The zero-order valence-corrected chi connectivity index (χ0v) is 12.5. The number of carbonyl (C=O) groups is 2. The predicted octanol–water partition coefficient (Wildman–Crippen LogP) is 3.55. The zero-order valence-electron chi connectivity index (χ0n) is 12.5. The van der Waals surface area contributed by atoms with Crippen LogP contribution in [0.15, 0.2) is 41.0 Å². The summed E-state index contributed by atoms with van der Waals surface area (Å²) in [6, 6.07) is 8.28. The number of benzene rings is 1. The molecule has 1 amide bonds. The molecule has 23 heavy (non-hydrogen) atoms. The van der Waals surface area contributed by atoms with E-state index in [9.17, 15) is 9.59 Å². The summed E-state index contributed by atoms with van der Waals surface area (Å²) in [5, 5.41) is 11.5. The van der Waals surface area contributed by atoms with Crippen LogP contribution in [0.25, 0.3) is 0 Å². The van der Waals surface area contributed by atoms with Gasteiger partial charge in [0, 0.05) is 11.8 Å². The molecular weight excluding hydrogens is 298 g/mol. The molecule has 0 unspecified atom stereocenters. The summed E-state index contributed by atoms with van der Waals surface area (Å²) in [6.45, 7) is 0. The minimum absolute atomic E-state index is 0.0475. The van der Waals surface area contributed by atoms with Crippen molar-refractivity contribution in [2.24, 2.45) is 0 Å². The summed E-state index contributed by atoms with van der Waals surface area (Å²) in [5.74, 6) is -0.905. The van der Waals surface area contributed by atoms with E-state index in [-0.39, 0.29) is 17.4 Å². The maximum absolute atomic E-state index is 12.0. The molecule has 6 nitrogen and oxygen atoms in total. The van der Waals surface area contributed by atoms with Gasteiger partial charge in [-0.3, -0.25) is 4.79 Å². The third-order valence-corrected chi connectivity index (χ3v) is 3.79. The molecule has 6 heteroatoms. The second-order valence-electron chi connectivity index (χ2n) is 5.51. The molecule has 120 valence electrons. The summed E-state index contributed by atoms with van der Waals surface area (Å²) in [4.78, 5) is 22.8. The minimum atomic E-state index is -1.14. The first-order chi connectivity index (χ1) is 11.1. The Morgan fingerprint density at radius 2 is 1.87 bits per heavy atom. The quantitative estimate of drug-likeness (QED) is 0.880. The van der Waals surface area contributed by atoms with Gasteiger partial charge in [-0.25, -0.2) is 4.79 Å². The number of furan rings is 1. The molecule has 1 aliphatic carbocycles. The van der Waals surface area contributed by atoms with Gasteiger partial charge in [0.1, 0.15) is 12.0 Å². The Morgan fingerprint density at radius 1 is 1.17 bits per heavy atom. The maximum atomic E-state index is 12.0. The molecule has 0 atom stereocenters. The highest BCUT2D eigenvalue weighted by molar-refractivity contribution is 6.03. The average molecular weight is 315 g/mol. The normalized spacial score (nSPS) is 14.6. The summed E-state index contributed by atoms with van der Waals surface area (Å²) in [7, 11) is 0. The number of carbonyl (C=O) groups excluding carboxylic acids is 1. The molecule has 2 aromatic rings. The second kappa shape index (κ2) is 6.56. The molecule has 0 spiro atoms. The number of aromatic carboxylic acids is 1. The molecule has 1 saturated carbocycles. The summed E-state index contributed by atoms with van der Waals surface area (Å²) in [5.41, 5.74) is 0.525. The van der Waals surface area contributed by atoms with Gasteiger partial charge in [-0.15, -0.1) is 0 Å². The van der Waals surface area contributed by atoms with E-state index in [1.54, 1.807) is 24.3 Å². The van der Waals surface area contributed by atoms with Crippen molar-refractivity contribution in [3.63, 3.8) is 0 Å². The van der Waals surface area contributed by atoms with Crippen molar-refractivity contribution < 1.29 is 23.8 Å². The number of nitrogens with one attached hydrogen (secondary N) is 1. The van der Waals surface area contributed by atoms with Crippen LogP contribution >= 0.6 is 0 Å². The maximum Gasteiger partial charge on any atom is 0.338 e. The minimum Gasteiger partial charge on any atom is -0.490 e. The van der Waals surface area contributed by atoms with Crippen molar-refractivity contribution in [3.8, 4) is 5.75 Å². The molecule has 1 aliphatic rings. The number of carboxylic acid groups (broad SMARTS) is 1. The van der Waals surface area contributed by atoms with Crippen molar-refractivity contribution in [1.29, 1.82) is 0 Å². The summed E-state index contributed by atoms with van der Waals surface area (Å²) in [6.07, 6.45) is 5.91. The van der Waals surface area contributed by atoms with Crippen LogP contribution in [0.2, 0.25) is 0 Å². The molecule has 0 radical (unpaired) electrons. The van der Waals surface area contributed by atoms with Crippen molar-refractivity contribution >= 4 is 17.6 Å². The first kappa shape index (κ1) is 15.1. The second-order valence-corrected chi connectivity index (χ2v) is 5.51. The van der Waals surface area contributed by atoms with Crippen LogP contribution in [0.4, 0.5) is 5.69 Å². The van der Waals surface area contributed by atoms with Gasteiger partial charge in [-0.05, 0) is 49.9 Å². The lowest BCUT2D eigenvalue weighted by Crippen LogP contribution is -2.12. The number of carboxylic acids is 1. The molecule has 1 aromatic carbocycles. The Labute approximate surface area is 133 Å². The average Bonchev–Trinajstić information content (AvgIpc) is 3.20. The zero-order chi connectivity index (χ0) is 16.2. The van der Waals surface area contributed by atoms with Crippen molar-refractivity contribution in [3.05, 3.63) is 47.9 Å². The highest BCUT2D eigenvalue weighted by Gasteiger charge is 2.17. The van der Waals surface area contributed by atoms with Crippen molar-refractivity contribution in [2.75, 3.05) is 5.32 Å². The fourth-order valence-corrected chi connectivity index (χ4v) is 2.58. The van der Waals surface area contributed by atoms with Crippen LogP contribution in [-0.2, 0) is 0 Å². The van der Waals surface area contributed by atoms with Crippen molar-refractivity contribution in [2.45, 2.75) is 31.8 Å². The monoisotopic (exact) mass is 315 g/mol. The number of ether oxygens (including phenoxy) is 1. The number of anilines is 1. The van der Waals surface area contributed by atoms with E-state index in [0.717, 1.165) is 24.9 Å². The molecule has 0 aliphatic heterocycles. The molecule has 1 fully saturated rings. The number of rotatable bonds is 5. The lowest BCUT2D eigenvalue weighted by molar-refractivity contribution is 0.0696. The van der Waals surface area contributed by atoms with Gasteiger partial charge in [0.15, 0.2) is 5.76 Å². The Bertz CT molecular complexity index is 698. The van der Waals surface area contributed by atoms with Crippen LogP contribution in [0.1, 0.15) is 46.6 Å². The molecule has 3 rings (SSSR count). The third-order valence-electron chi connectivity index (χ3n) is 3.79. The fraction of sp³-hybridized carbons (Fsp3) is 0.294. The van der Waals surface area contributed by atoms with Gasteiger partial charge in [0.25, 0.3) is 5.91 Å². The van der Waals surface area contributed by atoms with Crippen LogP contribution in [0.3, 0.4) is 0 Å². The lowest BCUT2D eigenvalue weighted by Gasteiger charge is -2.13. The summed E-state index contributed by atoms with van der Waals surface area (Å²) < 4.78 is 10.8. The van der Waals surface area contributed by atoms with Crippen LogP contribution in [0.5, 0.6) is 5.75 Å². The van der Waals surface area contributed by atoms with E-state index in [0.29, 0.717) is 5.69 Å². The van der Waals surface area contributed by atoms with Gasteiger partial charge < -0.3 is 19.6 Å². The fourth-order valence-electron chi connectivity index (χ4n) is 2.58. The molecule has 0 saturated heterocycles. The smallest absolute Gasteiger partial charge is 0.338 e. The van der Waals surface area contributed by atoms with E-state index in [1.165, 1.54) is 18.9 Å². The molecule has 2 N–H and O–H groups in total. The largest absolute Gasteiger partial charge is 0.490 e. The Balaban J connectivity index is 1.60. The molecule has 0 bridgehead atoms. The SMILES string of the molecule is O=C(O)c1coc(C(=O)Nc2ccc(OC3CCCC3)cc2)c1. The number of hydrogen-bond donors (Lipinski definition) is 2. The van der Waals surface area contributed by atoms with E-state index < -0.39 is 11.9 Å². The predicted molar refractivity (Wildman–Crippen MR) is 82.9 cm³/mol.